The Hall–Kier alpha value is -0.763. The lowest BCUT2D eigenvalue weighted by Gasteiger charge is -2.54. The quantitative estimate of drug-likeness (QED) is 0.348. The van der Waals surface area contributed by atoms with Gasteiger partial charge in [-0.15, -0.1) is 0 Å². The van der Waals surface area contributed by atoms with Gasteiger partial charge in [-0.25, -0.2) is 0 Å². The molecular formula is C19H32O6Si. The molecule has 7 heteroatoms. The van der Waals surface area contributed by atoms with E-state index in [-0.39, 0.29) is 29.8 Å². The van der Waals surface area contributed by atoms with Crippen molar-refractivity contribution in [1.82, 2.24) is 0 Å². The molecule has 1 spiro atoms. The first kappa shape index (κ1) is 20.0. The number of hydrogen-bond acceptors (Lipinski definition) is 6. The van der Waals surface area contributed by atoms with Crippen LogP contribution in [-0.4, -0.2) is 55.7 Å². The summed E-state index contributed by atoms with van der Waals surface area (Å²) < 4.78 is 17.7. The molecule has 0 radical (unpaired) electrons. The maximum Gasteiger partial charge on any atom is 0.325 e. The monoisotopic (exact) mass is 384 g/mol. The Morgan fingerprint density at radius 3 is 2.46 bits per heavy atom. The van der Waals surface area contributed by atoms with Crippen molar-refractivity contribution < 1.29 is 28.6 Å². The van der Waals surface area contributed by atoms with Crippen molar-refractivity contribution in [3.8, 4) is 0 Å². The maximum absolute atomic E-state index is 13.3. The Labute approximate surface area is 156 Å². The van der Waals surface area contributed by atoms with Crippen LogP contribution in [0.3, 0.4) is 0 Å². The van der Waals surface area contributed by atoms with E-state index in [0.29, 0.717) is 12.8 Å². The molecule has 148 valence electrons. The van der Waals surface area contributed by atoms with Crippen LogP contribution in [0.4, 0.5) is 0 Å². The molecule has 0 bridgehead atoms. The molecular weight excluding hydrogens is 352 g/mol. The van der Waals surface area contributed by atoms with Gasteiger partial charge in [0.1, 0.15) is 5.60 Å². The van der Waals surface area contributed by atoms with Crippen molar-refractivity contribution in [2.24, 2.45) is 5.41 Å². The van der Waals surface area contributed by atoms with Crippen LogP contribution in [0.25, 0.3) is 0 Å². The van der Waals surface area contributed by atoms with Gasteiger partial charge >= 0.3 is 5.97 Å². The Morgan fingerprint density at radius 2 is 1.92 bits per heavy atom. The molecule has 0 aromatic heterocycles. The SMILES string of the molecule is COC(=O)[C@@]12C(=O)CC[C@](C)(O)[C@]13O[C@@H]3CC[C@H]2O[Si](C)(C)C(C)(C)C. The molecule has 1 aliphatic heterocycles. The molecule has 26 heavy (non-hydrogen) atoms. The molecule has 0 aromatic carbocycles. The van der Waals surface area contributed by atoms with Crippen LogP contribution in [0, 0.1) is 5.41 Å². The molecule has 3 rings (SSSR count). The first-order chi connectivity index (χ1) is 11.8. The van der Waals surface area contributed by atoms with Crippen molar-refractivity contribution in [1.29, 1.82) is 0 Å². The highest BCUT2D eigenvalue weighted by Crippen LogP contribution is 2.68. The van der Waals surface area contributed by atoms with Gasteiger partial charge < -0.3 is 19.0 Å². The van der Waals surface area contributed by atoms with E-state index >= 15 is 0 Å². The number of carbonyl (C=O) groups is 2. The minimum absolute atomic E-state index is 0.0705. The summed E-state index contributed by atoms with van der Waals surface area (Å²) in [6.45, 7) is 12.3. The van der Waals surface area contributed by atoms with Crippen molar-refractivity contribution in [2.45, 2.75) is 94.9 Å². The first-order valence-electron chi connectivity index (χ1n) is 9.47. The summed E-state index contributed by atoms with van der Waals surface area (Å²) in [5.41, 5.74) is -4.08. The molecule has 6 nitrogen and oxygen atoms in total. The molecule has 0 aromatic rings. The number of methoxy groups -OCH3 is 1. The highest BCUT2D eigenvalue weighted by molar-refractivity contribution is 6.74. The van der Waals surface area contributed by atoms with Crippen molar-refractivity contribution in [3.63, 3.8) is 0 Å². The van der Waals surface area contributed by atoms with Gasteiger partial charge in [0.15, 0.2) is 19.5 Å². The number of aliphatic hydroxyl groups is 1. The minimum Gasteiger partial charge on any atom is -0.468 e. The molecule has 2 aliphatic carbocycles. The number of rotatable bonds is 3. The zero-order chi connectivity index (χ0) is 19.8. The minimum atomic E-state index is -2.26. The molecule has 0 unspecified atom stereocenters. The maximum atomic E-state index is 13.3. The molecule has 3 fully saturated rings. The Bertz CT molecular complexity index is 626. The molecule has 5 atom stereocenters. The van der Waals surface area contributed by atoms with Crippen LogP contribution < -0.4 is 0 Å². The summed E-state index contributed by atoms with van der Waals surface area (Å²) in [5.74, 6) is -0.852. The van der Waals surface area contributed by atoms with Gasteiger partial charge in [-0.1, -0.05) is 20.8 Å². The van der Waals surface area contributed by atoms with E-state index in [2.05, 4.69) is 33.9 Å². The van der Waals surface area contributed by atoms with E-state index in [1.807, 2.05) is 0 Å². The van der Waals surface area contributed by atoms with Crippen molar-refractivity contribution in [2.75, 3.05) is 7.11 Å². The van der Waals surface area contributed by atoms with Gasteiger partial charge in [-0.05, 0) is 44.3 Å². The fraction of sp³-hybridized carbons (Fsp3) is 0.895. The highest BCUT2D eigenvalue weighted by Gasteiger charge is 2.87. The van der Waals surface area contributed by atoms with E-state index in [0.717, 1.165) is 0 Å². The molecule has 3 aliphatic rings. The fourth-order valence-corrected chi connectivity index (χ4v) is 6.18. The van der Waals surface area contributed by atoms with Gasteiger partial charge in [0, 0.05) is 6.42 Å². The van der Waals surface area contributed by atoms with Crippen LogP contribution in [0.2, 0.25) is 18.1 Å². The number of hydrogen-bond donors (Lipinski definition) is 1. The van der Waals surface area contributed by atoms with Crippen LogP contribution in [-0.2, 0) is 23.5 Å². The van der Waals surface area contributed by atoms with Crippen LogP contribution in [0.1, 0.15) is 53.4 Å². The second kappa shape index (κ2) is 5.62. The lowest BCUT2D eigenvalue weighted by molar-refractivity contribution is -0.197. The molecule has 1 saturated heterocycles. The van der Waals surface area contributed by atoms with Gasteiger partial charge in [-0.2, -0.15) is 0 Å². The van der Waals surface area contributed by atoms with Crippen LogP contribution in [0.5, 0.6) is 0 Å². The number of esters is 1. The third kappa shape index (κ3) is 2.26. The molecule has 1 heterocycles. The van der Waals surface area contributed by atoms with E-state index in [1.165, 1.54) is 7.11 Å². The zero-order valence-corrected chi connectivity index (χ0v) is 18.0. The fourth-order valence-electron chi connectivity index (χ4n) is 4.82. The van der Waals surface area contributed by atoms with Gasteiger partial charge in [0.25, 0.3) is 0 Å². The van der Waals surface area contributed by atoms with E-state index in [4.69, 9.17) is 13.9 Å². The van der Waals surface area contributed by atoms with Crippen LogP contribution >= 0.6 is 0 Å². The second-order valence-corrected chi connectivity index (χ2v) is 14.5. The lowest BCUT2D eigenvalue weighted by Crippen LogP contribution is -2.73. The summed E-state index contributed by atoms with van der Waals surface area (Å²) in [7, 11) is -0.973. The second-order valence-electron chi connectivity index (χ2n) is 9.78. The van der Waals surface area contributed by atoms with Gasteiger partial charge in [-0.3, -0.25) is 9.59 Å². The summed E-state index contributed by atoms with van der Waals surface area (Å²) in [4.78, 5) is 26.4. The number of Topliss-reactive ketones (excluding diaryl/α,β-unsaturated/α-hetero) is 1. The average Bonchev–Trinajstić information content (AvgIpc) is 3.26. The number of ether oxygens (including phenoxy) is 2. The van der Waals surface area contributed by atoms with Gasteiger partial charge in [0.2, 0.25) is 0 Å². The summed E-state index contributed by atoms with van der Waals surface area (Å²) >= 11 is 0. The van der Waals surface area contributed by atoms with E-state index in [9.17, 15) is 14.7 Å². The largest absolute Gasteiger partial charge is 0.468 e. The summed E-state index contributed by atoms with van der Waals surface area (Å²) in [6.07, 6.45) is 0.691. The third-order valence-corrected chi connectivity index (χ3v) is 11.8. The average molecular weight is 385 g/mol. The van der Waals surface area contributed by atoms with E-state index < -0.39 is 37.0 Å². The standard InChI is InChI=1S/C19H32O6Si/c1-16(2,3)26(6,7)25-13-8-9-14-19(24-14)17(4,22)11-10-12(20)18(13,19)15(21)23-5/h13-14,22H,8-11H2,1-7H3/t13-,14-,17+,18+,19+/m1/s1. The predicted octanol–water partition coefficient (Wildman–Crippen LogP) is 2.58. The molecule has 0 amide bonds. The third-order valence-electron chi connectivity index (χ3n) is 7.31. The smallest absolute Gasteiger partial charge is 0.325 e. The first-order valence-corrected chi connectivity index (χ1v) is 12.4. The zero-order valence-electron chi connectivity index (χ0n) is 17.0. The topological polar surface area (TPSA) is 85.4 Å². The normalized spacial score (nSPS) is 42.7. The number of ketones is 1. The summed E-state index contributed by atoms with van der Waals surface area (Å²) in [6, 6.07) is 0. The molecule has 2 saturated carbocycles. The Morgan fingerprint density at radius 1 is 1.31 bits per heavy atom. The Balaban J connectivity index is 2.14. The lowest BCUT2D eigenvalue weighted by atomic mass is 9.52. The van der Waals surface area contributed by atoms with Crippen LogP contribution in [0.15, 0.2) is 0 Å². The highest BCUT2D eigenvalue weighted by atomic mass is 28.4. The van der Waals surface area contributed by atoms with E-state index in [1.54, 1.807) is 6.92 Å². The van der Waals surface area contributed by atoms with Gasteiger partial charge in [0.05, 0.1) is 24.9 Å². The predicted molar refractivity (Wildman–Crippen MR) is 98.2 cm³/mol. The number of epoxide rings is 1. The molecule has 1 N–H and O–H groups in total. The Kier molecular flexibility index (Phi) is 4.32. The van der Waals surface area contributed by atoms with Crippen molar-refractivity contribution in [3.05, 3.63) is 0 Å². The summed E-state index contributed by atoms with van der Waals surface area (Å²) in [5, 5.41) is 11.1. The number of carbonyl (C=O) groups excluding carboxylic acids is 2. The van der Waals surface area contributed by atoms with Crippen molar-refractivity contribution >= 4 is 20.1 Å².